The van der Waals surface area contributed by atoms with Gasteiger partial charge in [-0.05, 0) is 31.8 Å². The monoisotopic (exact) mass is 316 g/mol. The fraction of sp³-hybridized carbons (Fsp3) is 0.333. The Balaban J connectivity index is 1.82. The number of carbonyl (C=O) groups is 2. The van der Waals surface area contributed by atoms with Crippen LogP contribution in [0.5, 0.6) is 0 Å². The summed E-state index contributed by atoms with van der Waals surface area (Å²) in [6.07, 6.45) is 3.11. The van der Waals surface area contributed by atoms with Gasteiger partial charge in [-0.2, -0.15) is 5.10 Å². The van der Waals surface area contributed by atoms with Gasteiger partial charge in [0, 0.05) is 18.8 Å². The first-order chi connectivity index (χ1) is 11.0. The number of anilines is 1. The molecule has 0 bridgehead atoms. The van der Waals surface area contributed by atoms with Crippen LogP contribution in [0.25, 0.3) is 0 Å². The maximum absolute atomic E-state index is 11.8. The second-order valence-corrected chi connectivity index (χ2v) is 5.30. The second kappa shape index (κ2) is 8.04. The number of amides is 2. The van der Waals surface area contributed by atoms with Crippen LogP contribution in [-0.4, -0.2) is 58.7 Å². The van der Waals surface area contributed by atoms with Crippen LogP contribution in [0.3, 0.4) is 0 Å². The fourth-order valence-electron chi connectivity index (χ4n) is 1.86. The van der Waals surface area contributed by atoms with Gasteiger partial charge in [0.25, 0.3) is 0 Å². The zero-order chi connectivity index (χ0) is 16.7. The molecule has 0 atom stereocenters. The number of hydrogen-bond acceptors (Lipinski definition) is 5. The highest BCUT2D eigenvalue weighted by Crippen LogP contribution is 2.10. The van der Waals surface area contributed by atoms with Gasteiger partial charge in [0.05, 0.1) is 6.54 Å². The van der Waals surface area contributed by atoms with Crippen LogP contribution in [0, 0.1) is 0 Å². The number of rotatable bonds is 6. The van der Waals surface area contributed by atoms with E-state index in [1.54, 1.807) is 23.1 Å². The lowest BCUT2D eigenvalue weighted by Gasteiger charge is -2.10. The molecule has 23 heavy (non-hydrogen) atoms. The molecule has 0 saturated carbocycles. The number of hydrogen-bond donors (Lipinski definition) is 2. The van der Waals surface area contributed by atoms with Gasteiger partial charge in [0.2, 0.25) is 0 Å². The van der Waals surface area contributed by atoms with Crippen LogP contribution in [0.2, 0.25) is 0 Å². The first kappa shape index (κ1) is 16.6. The van der Waals surface area contributed by atoms with E-state index in [0.29, 0.717) is 25.3 Å². The van der Waals surface area contributed by atoms with Crippen LogP contribution in [0.4, 0.5) is 5.69 Å². The minimum atomic E-state index is -0.673. The first-order valence-electron chi connectivity index (χ1n) is 7.20. The molecule has 2 N–H and O–H groups in total. The van der Waals surface area contributed by atoms with E-state index in [4.69, 9.17) is 0 Å². The van der Waals surface area contributed by atoms with Gasteiger partial charge < -0.3 is 15.5 Å². The molecule has 0 unspecified atom stereocenters. The molecule has 2 rings (SSSR count). The van der Waals surface area contributed by atoms with E-state index in [1.807, 2.05) is 31.1 Å². The molecule has 1 aromatic heterocycles. The van der Waals surface area contributed by atoms with Crippen molar-refractivity contribution in [2.24, 2.45) is 0 Å². The second-order valence-electron chi connectivity index (χ2n) is 5.30. The van der Waals surface area contributed by atoms with Gasteiger partial charge >= 0.3 is 11.8 Å². The largest absolute Gasteiger partial charge is 0.347 e. The summed E-state index contributed by atoms with van der Waals surface area (Å²) in [5.74, 6) is -1.31. The lowest BCUT2D eigenvalue weighted by atomic mass is 10.2. The SMILES string of the molecule is CN(C)CCNC(=O)C(=O)Nc1ccc(Cn2cncn2)cc1. The summed E-state index contributed by atoms with van der Waals surface area (Å²) in [5.41, 5.74) is 1.59. The highest BCUT2D eigenvalue weighted by atomic mass is 16.2. The van der Waals surface area contributed by atoms with Crippen molar-refractivity contribution in [1.29, 1.82) is 0 Å². The van der Waals surface area contributed by atoms with Crippen molar-refractivity contribution >= 4 is 17.5 Å². The van der Waals surface area contributed by atoms with E-state index in [9.17, 15) is 9.59 Å². The molecule has 8 nitrogen and oxygen atoms in total. The van der Waals surface area contributed by atoms with E-state index >= 15 is 0 Å². The molecule has 122 valence electrons. The van der Waals surface area contributed by atoms with Gasteiger partial charge in [-0.3, -0.25) is 9.59 Å². The number of nitrogens with one attached hydrogen (secondary N) is 2. The topological polar surface area (TPSA) is 92.2 Å². The summed E-state index contributed by atoms with van der Waals surface area (Å²) in [6.45, 7) is 1.70. The fourth-order valence-corrected chi connectivity index (χ4v) is 1.86. The Morgan fingerprint density at radius 1 is 1.17 bits per heavy atom. The third kappa shape index (κ3) is 5.51. The molecular weight excluding hydrogens is 296 g/mol. The van der Waals surface area contributed by atoms with Crippen LogP contribution in [0.1, 0.15) is 5.56 Å². The Kier molecular flexibility index (Phi) is 5.81. The van der Waals surface area contributed by atoms with Gasteiger partial charge in [-0.1, -0.05) is 12.1 Å². The highest BCUT2D eigenvalue weighted by molar-refractivity contribution is 6.39. The Bertz CT molecular complexity index is 636. The smallest absolute Gasteiger partial charge is 0.313 e. The summed E-state index contributed by atoms with van der Waals surface area (Å²) in [4.78, 5) is 29.2. The Labute approximate surface area is 134 Å². The average molecular weight is 316 g/mol. The van der Waals surface area contributed by atoms with Crippen LogP contribution >= 0.6 is 0 Å². The van der Waals surface area contributed by atoms with Crippen molar-refractivity contribution in [3.05, 3.63) is 42.5 Å². The molecule has 0 radical (unpaired) electrons. The van der Waals surface area contributed by atoms with E-state index < -0.39 is 11.8 Å². The molecule has 0 aliphatic heterocycles. The summed E-state index contributed by atoms with van der Waals surface area (Å²) < 4.78 is 1.70. The Morgan fingerprint density at radius 3 is 2.52 bits per heavy atom. The molecule has 0 aliphatic rings. The standard InChI is InChI=1S/C15H20N6O2/c1-20(2)8-7-17-14(22)15(23)19-13-5-3-12(4-6-13)9-21-11-16-10-18-21/h3-6,10-11H,7-9H2,1-2H3,(H,17,22)(H,19,23). The quantitative estimate of drug-likeness (QED) is 0.729. The zero-order valence-electron chi connectivity index (χ0n) is 13.2. The van der Waals surface area contributed by atoms with Gasteiger partial charge in [-0.25, -0.2) is 9.67 Å². The zero-order valence-corrected chi connectivity index (χ0v) is 13.2. The average Bonchev–Trinajstić information content (AvgIpc) is 3.01. The number of nitrogens with zero attached hydrogens (tertiary/aromatic N) is 4. The summed E-state index contributed by atoms with van der Waals surface area (Å²) in [6, 6.07) is 7.22. The normalized spacial score (nSPS) is 10.6. The van der Waals surface area contributed by atoms with Gasteiger partial charge in [0.1, 0.15) is 12.7 Å². The van der Waals surface area contributed by atoms with Crippen molar-refractivity contribution in [1.82, 2.24) is 25.0 Å². The first-order valence-corrected chi connectivity index (χ1v) is 7.20. The minimum Gasteiger partial charge on any atom is -0.347 e. The molecular formula is C15H20N6O2. The Morgan fingerprint density at radius 2 is 1.91 bits per heavy atom. The Hall–Kier alpha value is -2.74. The maximum Gasteiger partial charge on any atom is 0.313 e. The van der Waals surface area contributed by atoms with Gasteiger partial charge in [0.15, 0.2) is 0 Å². The summed E-state index contributed by atoms with van der Waals surface area (Å²) in [5, 5.41) is 9.16. The summed E-state index contributed by atoms with van der Waals surface area (Å²) >= 11 is 0. The van der Waals surface area contributed by atoms with E-state index in [0.717, 1.165) is 5.56 Å². The number of carbonyl (C=O) groups excluding carboxylic acids is 2. The summed E-state index contributed by atoms with van der Waals surface area (Å²) in [7, 11) is 3.79. The van der Waals surface area contributed by atoms with Crippen molar-refractivity contribution in [2.75, 3.05) is 32.5 Å². The molecule has 0 aliphatic carbocycles. The van der Waals surface area contributed by atoms with Crippen molar-refractivity contribution in [3.63, 3.8) is 0 Å². The van der Waals surface area contributed by atoms with Crippen molar-refractivity contribution in [3.8, 4) is 0 Å². The predicted molar refractivity (Wildman–Crippen MR) is 85.8 cm³/mol. The molecule has 1 aromatic carbocycles. The molecule has 8 heteroatoms. The predicted octanol–water partition coefficient (Wildman–Crippen LogP) is -0.0573. The molecule has 2 aromatic rings. The highest BCUT2D eigenvalue weighted by Gasteiger charge is 2.13. The molecule has 0 saturated heterocycles. The van der Waals surface area contributed by atoms with Gasteiger partial charge in [-0.15, -0.1) is 0 Å². The minimum absolute atomic E-state index is 0.427. The molecule has 0 spiro atoms. The maximum atomic E-state index is 11.8. The lowest BCUT2D eigenvalue weighted by Crippen LogP contribution is -2.38. The van der Waals surface area contributed by atoms with Crippen molar-refractivity contribution in [2.45, 2.75) is 6.54 Å². The van der Waals surface area contributed by atoms with E-state index in [2.05, 4.69) is 20.7 Å². The third-order valence-corrected chi connectivity index (χ3v) is 3.07. The van der Waals surface area contributed by atoms with Crippen LogP contribution in [0.15, 0.2) is 36.9 Å². The van der Waals surface area contributed by atoms with Crippen LogP contribution in [-0.2, 0) is 16.1 Å². The lowest BCUT2D eigenvalue weighted by molar-refractivity contribution is -0.136. The number of likely N-dealkylation sites (N-methyl/N-ethyl adjacent to an activating group) is 1. The molecule has 2 amide bonds. The van der Waals surface area contributed by atoms with Crippen molar-refractivity contribution < 1.29 is 9.59 Å². The molecule has 0 fully saturated rings. The van der Waals surface area contributed by atoms with E-state index in [1.165, 1.54) is 6.33 Å². The third-order valence-electron chi connectivity index (χ3n) is 3.07. The number of benzene rings is 1. The molecule has 1 heterocycles. The number of aromatic nitrogens is 3. The van der Waals surface area contributed by atoms with E-state index in [-0.39, 0.29) is 0 Å². The van der Waals surface area contributed by atoms with Crippen LogP contribution < -0.4 is 10.6 Å².